The number of alkyl halides is 1. The highest BCUT2D eigenvalue weighted by Crippen LogP contribution is 2.73. The second-order valence-corrected chi connectivity index (χ2v) is 12.6. The van der Waals surface area contributed by atoms with Gasteiger partial charge in [-0.25, -0.2) is 4.39 Å². The summed E-state index contributed by atoms with van der Waals surface area (Å²) in [6, 6.07) is 0. The van der Waals surface area contributed by atoms with Gasteiger partial charge in [-0.3, -0.25) is 9.59 Å². The Hall–Kier alpha value is -1.10. The van der Waals surface area contributed by atoms with Gasteiger partial charge in [0.25, 0.3) is 0 Å². The summed E-state index contributed by atoms with van der Waals surface area (Å²) in [5.41, 5.74) is -1.81. The maximum Gasteiger partial charge on any atom is 0.303 e. The largest absolute Gasteiger partial charge is 0.459 e. The van der Waals surface area contributed by atoms with Crippen molar-refractivity contribution in [1.82, 2.24) is 0 Å². The molecule has 0 aromatic heterocycles. The summed E-state index contributed by atoms with van der Waals surface area (Å²) in [4.78, 5) is 24.3. The van der Waals surface area contributed by atoms with Gasteiger partial charge >= 0.3 is 5.97 Å². The molecule has 0 aromatic carbocycles. The van der Waals surface area contributed by atoms with Crippen LogP contribution in [-0.4, -0.2) is 34.0 Å². The molecule has 4 aliphatic rings. The molecule has 3 fully saturated rings. The van der Waals surface area contributed by atoms with E-state index in [-0.39, 0.29) is 27.8 Å². The monoisotopic (exact) mass is 462 g/mol. The summed E-state index contributed by atoms with van der Waals surface area (Å²) in [6.07, 6.45) is 11.8. The van der Waals surface area contributed by atoms with Crippen LogP contribution >= 0.6 is 11.8 Å². The molecule has 0 spiro atoms. The van der Waals surface area contributed by atoms with E-state index in [1.54, 1.807) is 12.2 Å². The third kappa shape index (κ3) is 3.20. The third-order valence-electron chi connectivity index (χ3n) is 9.57. The maximum absolute atomic E-state index is 17.7. The number of ketones is 1. The van der Waals surface area contributed by atoms with Crippen molar-refractivity contribution in [3.8, 4) is 0 Å². The van der Waals surface area contributed by atoms with Crippen LogP contribution in [0.4, 0.5) is 4.39 Å². The van der Waals surface area contributed by atoms with Gasteiger partial charge in [0.2, 0.25) is 0 Å². The number of rotatable bonds is 6. The predicted molar refractivity (Wildman–Crippen MR) is 128 cm³/mol. The van der Waals surface area contributed by atoms with E-state index in [4.69, 9.17) is 4.74 Å². The lowest BCUT2D eigenvalue weighted by atomic mass is 9.45. The molecule has 1 unspecified atom stereocenters. The molecule has 178 valence electrons. The van der Waals surface area contributed by atoms with Crippen LogP contribution in [0.2, 0.25) is 0 Å². The number of hydrogen-bond donors (Lipinski definition) is 0. The minimum absolute atomic E-state index is 0.0667. The molecule has 0 saturated heterocycles. The summed E-state index contributed by atoms with van der Waals surface area (Å²) in [6.45, 7) is 10.2. The topological polar surface area (TPSA) is 43.4 Å². The van der Waals surface area contributed by atoms with Crippen LogP contribution in [0.25, 0.3) is 0 Å². The van der Waals surface area contributed by atoms with E-state index in [9.17, 15) is 9.59 Å². The molecule has 0 bridgehead atoms. The van der Waals surface area contributed by atoms with Crippen molar-refractivity contribution in [1.29, 1.82) is 0 Å². The number of hydrogen-bond acceptors (Lipinski definition) is 4. The zero-order chi connectivity index (χ0) is 23.4. The second-order valence-electron chi connectivity index (χ2n) is 10.9. The van der Waals surface area contributed by atoms with E-state index in [0.717, 1.165) is 49.9 Å². The van der Waals surface area contributed by atoms with Crippen molar-refractivity contribution in [3.05, 3.63) is 23.8 Å². The fourth-order valence-corrected chi connectivity index (χ4v) is 9.71. The number of halogens is 1. The highest BCUT2D eigenvalue weighted by Gasteiger charge is 2.73. The SMILES string of the molecule is CCCC[C@]1(SCC)CC[C@H]2[C@@H]3CCC4=CC(=O)C=C[C@]4(C)C3(F)[C@@H](OC(C)=O)C[C@@]21C. The highest BCUT2D eigenvalue weighted by atomic mass is 32.2. The van der Waals surface area contributed by atoms with Crippen LogP contribution in [0.15, 0.2) is 23.8 Å². The fraction of sp³-hybridized carbons (Fsp3) is 0.778. The molecule has 4 aliphatic carbocycles. The normalized spacial score (nSPS) is 45.0. The molecule has 0 radical (unpaired) electrons. The molecule has 0 N–H and O–H groups in total. The first-order chi connectivity index (χ1) is 15.1. The van der Waals surface area contributed by atoms with Gasteiger partial charge in [0.05, 0.1) is 0 Å². The van der Waals surface area contributed by atoms with Gasteiger partial charge in [-0.05, 0) is 74.7 Å². The Morgan fingerprint density at radius 1 is 1.25 bits per heavy atom. The van der Waals surface area contributed by atoms with Crippen LogP contribution in [0.1, 0.15) is 86.0 Å². The number of thioether (sulfide) groups is 1. The Kier molecular flexibility index (Phi) is 6.22. The summed E-state index contributed by atoms with van der Waals surface area (Å²) >= 11 is 2.06. The number of fused-ring (bicyclic) bond motifs is 5. The Morgan fingerprint density at radius 2 is 2.00 bits per heavy atom. The zero-order valence-electron chi connectivity index (χ0n) is 20.3. The van der Waals surface area contributed by atoms with Crippen molar-refractivity contribution in [2.24, 2.45) is 22.7 Å². The minimum Gasteiger partial charge on any atom is -0.459 e. The molecule has 0 heterocycles. The van der Waals surface area contributed by atoms with E-state index < -0.39 is 23.2 Å². The summed E-state index contributed by atoms with van der Waals surface area (Å²) in [5.74, 6) is 0.656. The molecule has 7 atom stereocenters. The van der Waals surface area contributed by atoms with Crippen molar-refractivity contribution in [3.63, 3.8) is 0 Å². The van der Waals surface area contributed by atoms with E-state index in [0.29, 0.717) is 6.42 Å². The zero-order valence-corrected chi connectivity index (χ0v) is 21.2. The standard InChI is InChI=1S/C27H39FO3S/c1-6-8-13-26(32-7-2)15-12-21-22-10-9-19-16-20(30)11-14-24(19,4)27(22,28)23(31-18(3)29)17-25(21,26)5/h11,14,16,21-23H,6-10,12-13,15,17H2,1-5H3/t21-,22-,23-,24-,25-,26-,27?/m0/s1. The van der Waals surface area contributed by atoms with E-state index in [2.05, 4.69) is 32.5 Å². The van der Waals surface area contributed by atoms with Crippen molar-refractivity contribution >= 4 is 23.5 Å². The van der Waals surface area contributed by atoms with Gasteiger partial charge in [0.1, 0.15) is 6.10 Å². The van der Waals surface area contributed by atoms with Gasteiger partial charge in [0.15, 0.2) is 11.5 Å². The predicted octanol–water partition coefficient (Wildman–Crippen LogP) is 6.61. The van der Waals surface area contributed by atoms with E-state index in [1.807, 2.05) is 6.92 Å². The van der Waals surface area contributed by atoms with E-state index >= 15 is 4.39 Å². The number of ether oxygens (including phenoxy) is 1. The average molecular weight is 463 g/mol. The molecular formula is C27H39FO3S. The van der Waals surface area contributed by atoms with Crippen molar-refractivity contribution in [2.75, 3.05) is 5.75 Å². The van der Waals surface area contributed by atoms with Crippen LogP contribution in [-0.2, 0) is 14.3 Å². The van der Waals surface area contributed by atoms with Gasteiger partial charge in [0, 0.05) is 23.0 Å². The Balaban J connectivity index is 1.83. The molecule has 4 rings (SSSR count). The number of carbonyl (C=O) groups is 2. The van der Waals surface area contributed by atoms with Crippen LogP contribution < -0.4 is 0 Å². The van der Waals surface area contributed by atoms with Gasteiger partial charge < -0.3 is 4.74 Å². The second kappa shape index (κ2) is 8.29. The lowest BCUT2D eigenvalue weighted by molar-refractivity contribution is -0.211. The molecule has 0 amide bonds. The van der Waals surface area contributed by atoms with Crippen LogP contribution in [0.3, 0.4) is 0 Å². The molecule has 3 saturated carbocycles. The Bertz CT molecular complexity index is 852. The maximum atomic E-state index is 17.7. The molecule has 5 heteroatoms. The number of unbranched alkanes of at least 4 members (excludes halogenated alkanes) is 1. The molecule has 0 aromatic rings. The average Bonchev–Trinajstić information content (AvgIpc) is 3.00. The first-order valence-corrected chi connectivity index (χ1v) is 13.5. The first kappa shape index (κ1) is 24.0. The minimum atomic E-state index is -1.69. The Labute approximate surface area is 197 Å². The first-order valence-electron chi connectivity index (χ1n) is 12.5. The molecular weight excluding hydrogens is 423 g/mol. The smallest absolute Gasteiger partial charge is 0.303 e. The lowest BCUT2D eigenvalue weighted by Crippen LogP contribution is -2.68. The molecule has 32 heavy (non-hydrogen) atoms. The third-order valence-corrected chi connectivity index (χ3v) is 11.3. The van der Waals surface area contributed by atoms with Crippen LogP contribution in [0.5, 0.6) is 0 Å². The van der Waals surface area contributed by atoms with Gasteiger partial charge in [-0.2, -0.15) is 11.8 Å². The molecule has 3 nitrogen and oxygen atoms in total. The highest BCUT2D eigenvalue weighted by molar-refractivity contribution is 8.00. The fourth-order valence-electron chi connectivity index (χ4n) is 8.04. The quantitative estimate of drug-likeness (QED) is 0.417. The number of carbonyl (C=O) groups excluding carboxylic acids is 2. The summed E-state index contributed by atoms with van der Waals surface area (Å²) in [7, 11) is 0. The van der Waals surface area contributed by atoms with Crippen LogP contribution in [0, 0.1) is 22.7 Å². The summed E-state index contributed by atoms with van der Waals surface area (Å²) in [5, 5.41) is 0. The van der Waals surface area contributed by atoms with E-state index in [1.165, 1.54) is 19.4 Å². The van der Waals surface area contributed by atoms with Crippen molar-refractivity contribution < 1.29 is 18.7 Å². The number of allylic oxidation sites excluding steroid dienone is 4. The molecule has 0 aliphatic heterocycles. The summed E-state index contributed by atoms with van der Waals surface area (Å²) < 4.78 is 23.7. The number of esters is 1. The lowest BCUT2D eigenvalue weighted by Gasteiger charge is -2.64. The van der Waals surface area contributed by atoms with Crippen molar-refractivity contribution in [2.45, 2.75) is 103 Å². The van der Waals surface area contributed by atoms with Gasteiger partial charge in [-0.1, -0.05) is 45.3 Å². The van der Waals surface area contributed by atoms with Gasteiger partial charge in [-0.15, -0.1) is 0 Å². The Morgan fingerprint density at radius 3 is 2.66 bits per heavy atom.